The zero-order valence-electron chi connectivity index (χ0n) is 12.4. The van der Waals surface area contributed by atoms with Crippen molar-refractivity contribution in [3.63, 3.8) is 0 Å². The molecule has 1 aliphatic rings. The van der Waals surface area contributed by atoms with Crippen molar-refractivity contribution >= 4 is 22.7 Å². The third-order valence-corrected chi connectivity index (χ3v) is 3.98. The van der Waals surface area contributed by atoms with Gasteiger partial charge in [0.05, 0.1) is 12.5 Å². The van der Waals surface area contributed by atoms with Gasteiger partial charge in [-0.25, -0.2) is 9.59 Å². The van der Waals surface area contributed by atoms with Gasteiger partial charge in [-0.15, -0.1) is 0 Å². The number of hydrogen-bond donors (Lipinski definition) is 3. The van der Waals surface area contributed by atoms with Gasteiger partial charge in [0.25, 0.3) is 0 Å². The average Bonchev–Trinajstić information content (AvgIpc) is 2.45. The number of hydrogen-bond acceptors (Lipinski definition) is 6. The molecule has 1 aliphatic heterocycles. The van der Waals surface area contributed by atoms with Crippen molar-refractivity contribution in [2.45, 2.75) is 18.9 Å². The molecule has 0 saturated carbocycles. The Bertz CT molecular complexity index is 855. The lowest BCUT2D eigenvalue weighted by Gasteiger charge is -2.31. The molecule has 7 nitrogen and oxygen atoms in total. The second-order valence-electron chi connectivity index (χ2n) is 5.61. The molecule has 0 fully saturated rings. The van der Waals surface area contributed by atoms with Gasteiger partial charge >= 0.3 is 11.9 Å². The first-order valence-electron chi connectivity index (χ1n) is 6.79. The van der Waals surface area contributed by atoms with Crippen molar-refractivity contribution in [2.24, 2.45) is 0 Å². The van der Waals surface area contributed by atoms with Gasteiger partial charge in [-0.3, -0.25) is 0 Å². The Hall–Kier alpha value is -2.96. The number of methoxy groups -OCH3 is 1. The molecule has 2 aromatic carbocycles. The third kappa shape index (κ3) is 2.12. The van der Waals surface area contributed by atoms with Crippen LogP contribution < -0.4 is 4.74 Å². The summed E-state index contributed by atoms with van der Waals surface area (Å²) in [6.45, 7) is 1.29. The standard InChI is InChI=1S/C16H14O7/c1-16(15(20)21)6-8-3-7-4-9(22-2)5-10(17)11(7)13(18)12(8)14(19)23-16/h3-5,17-18H,6H2,1-2H3,(H,20,21)/t16-/m0/s1. The van der Waals surface area contributed by atoms with Crippen molar-refractivity contribution in [3.8, 4) is 17.2 Å². The van der Waals surface area contributed by atoms with E-state index in [1.54, 1.807) is 12.1 Å². The van der Waals surface area contributed by atoms with Crippen LogP contribution in [0.2, 0.25) is 0 Å². The van der Waals surface area contributed by atoms with Crippen LogP contribution in [0, 0.1) is 0 Å². The van der Waals surface area contributed by atoms with Crippen LogP contribution in [-0.4, -0.2) is 40.0 Å². The molecular weight excluding hydrogens is 304 g/mol. The molecule has 120 valence electrons. The minimum Gasteiger partial charge on any atom is -0.507 e. The number of carboxylic acids is 1. The number of fused-ring (bicyclic) bond motifs is 2. The van der Waals surface area contributed by atoms with E-state index in [2.05, 4.69) is 0 Å². The van der Waals surface area contributed by atoms with Crippen molar-refractivity contribution in [1.29, 1.82) is 0 Å². The summed E-state index contributed by atoms with van der Waals surface area (Å²) in [6.07, 6.45) is -0.0924. The van der Waals surface area contributed by atoms with E-state index in [0.29, 0.717) is 16.7 Å². The quantitative estimate of drug-likeness (QED) is 0.724. The number of rotatable bonds is 2. The Balaban J connectivity index is 2.31. The van der Waals surface area contributed by atoms with Crippen molar-refractivity contribution in [2.75, 3.05) is 7.11 Å². The lowest BCUT2D eigenvalue weighted by atomic mass is 9.87. The maximum absolute atomic E-state index is 12.2. The summed E-state index contributed by atoms with van der Waals surface area (Å²) in [5, 5.41) is 30.2. The van der Waals surface area contributed by atoms with E-state index in [4.69, 9.17) is 9.47 Å². The van der Waals surface area contributed by atoms with Crippen LogP contribution in [0.5, 0.6) is 17.2 Å². The van der Waals surface area contributed by atoms with Crippen LogP contribution >= 0.6 is 0 Å². The Morgan fingerprint density at radius 2 is 2.00 bits per heavy atom. The predicted molar refractivity (Wildman–Crippen MR) is 79.0 cm³/mol. The lowest BCUT2D eigenvalue weighted by Crippen LogP contribution is -2.45. The highest BCUT2D eigenvalue weighted by atomic mass is 16.6. The normalized spacial score (nSPS) is 20.0. The molecule has 0 aromatic heterocycles. The second kappa shape index (κ2) is 4.77. The van der Waals surface area contributed by atoms with Crippen molar-refractivity contribution in [1.82, 2.24) is 0 Å². The van der Waals surface area contributed by atoms with E-state index in [0.717, 1.165) is 0 Å². The molecule has 0 unspecified atom stereocenters. The lowest BCUT2D eigenvalue weighted by molar-refractivity contribution is -0.158. The maximum atomic E-state index is 12.2. The third-order valence-electron chi connectivity index (χ3n) is 3.98. The highest BCUT2D eigenvalue weighted by Gasteiger charge is 2.44. The summed E-state index contributed by atoms with van der Waals surface area (Å²) >= 11 is 0. The Morgan fingerprint density at radius 3 is 2.61 bits per heavy atom. The molecule has 0 saturated heterocycles. The highest BCUT2D eigenvalue weighted by molar-refractivity contribution is 6.07. The van der Waals surface area contributed by atoms with Gasteiger partial charge in [-0.2, -0.15) is 0 Å². The zero-order valence-corrected chi connectivity index (χ0v) is 12.4. The molecule has 0 amide bonds. The molecule has 0 aliphatic carbocycles. The molecule has 1 atom stereocenters. The van der Waals surface area contributed by atoms with E-state index in [9.17, 15) is 24.9 Å². The number of ether oxygens (including phenoxy) is 2. The first-order chi connectivity index (χ1) is 10.8. The Labute approximate surface area is 130 Å². The van der Waals surface area contributed by atoms with E-state index < -0.39 is 23.3 Å². The molecule has 1 heterocycles. The summed E-state index contributed by atoms with van der Waals surface area (Å²) < 4.78 is 10.0. The number of aromatic hydroxyl groups is 2. The largest absolute Gasteiger partial charge is 0.507 e. The van der Waals surface area contributed by atoms with Crippen LogP contribution in [0.4, 0.5) is 0 Å². The zero-order chi connectivity index (χ0) is 16.9. The van der Waals surface area contributed by atoms with Gasteiger partial charge in [-0.05, 0) is 30.0 Å². The highest BCUT2D eigenvalue weighted by Crippen LogP contribution is 2.43. The van der Waals surface area contributed by atoms with Crippen molar-refractivity contribution < 1.29 is 34.4 Å². The van der Waals surface area contributed by atoms with Gasteiger partial charge in [0.2, 0.25) is 5.60 Å². The summed E-state index contributed by atoms with van der Waals surface area (Å²) in [5.41, 5.74) is -1.49. The minimum atomic E-state index is -1.70. The maximum Gasteiger partial charge on any atom is 0.348 e. The number of aliphatic carboxylic acids is 1. The topological polar surface area (TPSA) is 113 Å². The molecule has 23 heavy (non-hydrogen) atoms. The first kappa shape index (κ1) is 15.0. The number of esters is 1. The number of cyclic esters (lactones) is 1. The average molecular weight is 318 g/mol. The molecule has 3 rings (SSSR count). The number of phenolic OH excluding ortho intramolecular Hbond substituents is 2. The fourth-order valence-electron chi connectivity index (χ4n) is 2.79. The number of benzene rings is 2. The number of carbonyl (C=O) groups is 2. The molecule has 0 bridgehead atoms. The molecule has 0 spiro atoms. The van der Waals surface area contributed by atoms with E-state index in [1.165, 1.54) is 20.1 Å². The molecule has 2 aromatic rings. The second-order valence-corrected chi connectivity index (χ2v) is 5.61. The monoisotopic (exact) mass is 318 g/mol. The molecule has 3 N–H and O–H groups in total. The van der Waals surface area contributed by atoms with Crippen LogP contribution in [0.15, 0.2) is 18.2 Å². The fourth-order valence-corrected chi connectivity index (χ4v) is 2.79. The Morgan fingerprint density at radius 1 is 1.30 bits per heavy atom. The van der Waals surface area contributed by atoms with Gasteiger partial charge in [0.15, 0.2) is 0 Å². The van der Waals surface area contributed by atoms with Crippen LogP contribution in [-0.2, 0) is 16.0 Å². The summed E-state index contributed by atoms with van der Waals surface area (Å²) in [7, 11) is 1.43. The van der Waals surface area contributed by atoms with Gasteiger partial charge in [0.1, 0.15) is 22.8 Å². The summed E-state index contributed by atoms with van der Waals surface area (Å²) in [4.78, 5) is 23.5. The van der Waals surface area contributed by atoms with Crippen LogP contribution in [0.25, 0.3) is 10.8 Å². The minimum absolute atomic E-state index is 0.0837. The summed E-state index contributed by atoms with van der Waals surface area (Å²) in [5.74, 6) is -2.53. The molecule has 7 heteroatoms. The van der Waals surface area contributed by atoms with Gasteiger partial charge < -0.3 is 24.8 Å². The summed E-state index contributed by atoms with van der Waals surface area (Å²) in [6, 6.07) is 4.44. The van der Waals surface area contributed by atoms with Crippen molar-refractivity contribution in [3.05, 3.63) is 29.3 Å². The van der Waals surface area contributed by atoms with Crippen LogP contribution in [0.3, 0.4) is 0 Å². The SMILES string of the molecule is COc1cc(O)c2c(O)c3c(cc2c1)C[C@@](C)(C(=O)O)OC3=O. The smallest absolute Gasteiger partial charge is 0.348 e. The van der Waals surface area contributed by atoms with E-state index >= 15 is 0 Å². The van der Waals surface area contributed by atoms with Gasteiger partial charge in [-0.1, -0.05) is 0 Å². The fraction of sp³-hybridized carbons (Fsp3) is 0.250. The molecule has 0 radical (unpaired) electrons. The first-order valence-corrected chi connectivity index (χ1v) is 6.79. The molecular formula is C16H14O7. The van der Waals surface area contributed by atoms with Gasteiger partial charge in [0, 0.05) is 12.5 Å². The Kier molecular flexibility index (Phi) is 3.10. The van der Waals surface area contributed by atoms with Crippen LogP contribution in [0.1, 0.15) is 22.8 Å². The van der Waals surface area contributed by atoms with E-state index in [1.807, 2.05) is 0 Å². The van der Waals surface area contributed by atoms with E-state index in [-0.39, 0.29) is 23.1 Å². The predicted octanol–water partition coefficient (Wildman–Crippen LogP) is 1.82. The number of carbonyl (C=O) groups excluding carboxylic acids is 1. The number of phenols is 2. The number of carboxylic acid groups (broad SMARTS) is 1.